The second-order valence-electron chi connectivity index (χ2n) is 4.11. The summed E-state index contributed by atoms with van der Waals surface area (Å²) < 4.78 is 45.0. The van der Waals surface area contributed by atoms with Gasteiger partial charge in [0.1, 0.15) is 12.4 Å². The van der Waals surface area contributed by atoms with Gasteiger partial charge in [0.05, 0.1) is 12.8 Å². The highest BCUT2D eigenvalue weighted by Crippen LogP contribution is 2.22. The number of nitrogens with zero attached hydrogens (tertiary/aromatic N) is 1. The van der Waals surface area contributed by atoms with Crippen molar-refractivity contribution in [2.75, 3.05) is 32.2 Å². The Balaban J connectivity index is 0.00000441. The molecule has 0 aromatic heterocycles. The molecule has 0 spiro atoms. The van der Waals surface area contributed by atoms with Gasteiger partial charge < -0.3 is 20.5 Å². The van der Waals surface area contributed by atoms with E-state index < -0.39 is 12.8 Å². The average Bonchev–Trinajstić information content (AvgIpc) is 2.42. The molecular formula is C13H19F3IN3O2. The van der Waals surface area contributed by atoms with Gasteiger partial charge in [-0.3, -0.25) is 4.99 Å². The average molecular weight is 433 g/mol. The number of anilines is 1. The summed E-state index contributed by atoms with van der Waals surface area (Å²) in [5.41, 5.74) is 6.34. The van der Waals surface area contributed by atoms with Crippen molar-refractivity contribution in [1.82, 2.24) is 0 Å². The van der Waals surface area contributed by atoms with Crippen LogP contribution in [0.2, 0.25) is 0 Å². The Kier molecular flexibility index (Phi) is 9.90. The van der Waals surface area contributed by atoms with E-state index in [0.717, 1.165) is 0 Å². The molecule has 1 rings (SSSR count). The fourth-order valence-corrected chi connectivity index (χ4v) is 1.48. The van der Waals surface area contributed by atoms with E-state index in [0.29, 0.717) is 17.9 Å². The summed E-state index contributed by atoms with van der Waals surface area (Å²) in [5, 5.41) is 2.86. The van der Waals surface area contributed by atoms with Crippen LogP contribution in [-0.4, -0.2) is 39.0 Å². The number of hydrogen-bond acceptors (Lipinski definition) is 3. The first-order chi connectivity index (χ1) is 9.92. The van der Waals surface area contributed by atoms with Crippen LogP contribution in [0, 0.1) is 0 Å². The SMILES string of the molecule is COc1ccccc1NC(N)=NCCCOCC(F)(F)F.I. The zero-order valence-corrected chi connectivity index (χ0v) is 14.4. The second-order valence-corrected chi connectivity index (χ2v) is 4.11. The molecule has 1 aromatic carbocycles. The van der Waals surface area contributed by atoms with Crippen LogP contribution in [0.3, 0.4) is 0 Å². The normalized spacial score (nSPS) is 11.7. The predicted octanol–water partition coefficient (Wildman–Crippen LogP) is 3.01. The number of aliphatic imine (C=N–C) groups is 1. The van der Waals surface area contributed by atoms with Crippen molar-refractivity contribution in [1.29, 1.82) is 0 Å². The molecule has 0 aliphatic heterocycles. The quantitative estimate of drug-likeness (QED) is 0.300. The maximum Gasteiger partial charge on any atom is 0.411 e. The van der Waals surface area contributed by atoms with Gasteiger partial charge in [0.2, 0.25) is 0 Å². The molecule has 0 fully saturated rings. The highest BCUT2D eigenvalue weighted by molar-refractivity contribution is 14.0. The molecule has 0 amide bonds. The summed E-state index contributed by atoms with van der Waals surface area (Å²) in [7, 11) is 1.53. The number of methoxy groups -OCH3 is 1. The number of hydrogen-bond donors (Lipinski definition) is 2. The number of ether oxygens (including phenoxy) is 2. The Hall–Kier alpha value is -1.23. The van der Waals surface area contributed by atoms with Crippen molar-refractivity contribution in [2.24, 2.45) is 10.7 Å². The first-order valence-corrected chi connectivity index (χ1v) is 6.27. The summed E-state index contributed by atoms with van der Waals surface area (Å²) in [5.74, 6) is 0.777. The van der Waals surface area contributed by atoms with Gasteiger partial charge in [-0.05, 0) is 18.6 Å². The van der Waals surface area contributed by atoms with E-state index in [4.69, 9.17) is 10.5 Å². The largest absolute Gasteiger partial charge is 0.495 e. The van der Waals surface area contributed by atoms with Crippen molar-refractivity contribution in [3.05, 3.63) is 24.3 Å². The van der Waals surface area contributed by atoms with Crippen LogP contribution < -0.4 is 15.8 Å². The highest BCUT2D eigenvalue weighted by atomic mass is 127. The minimum absolute atomic E-state index is 0. The number of nitrogens with two attached hydrogens (primary N) is 1. The van der Waals surface area contributed by atoms with E-state index in [1.165, 1.54) is 7.11 Å². The molecule has 9 heteroatoms. The summed E-state index contributed by atoms with van der Waals surface area (Å²) in [6, 6.07) is 7.16. The Labute approximate surface area is 144 Å². The molecule has 1 aromatic rings. The van der Waals surface area contributed by atoms with Crippen molar-refractivity contribution in [3.8, 4) is 5.75 Å². The molecule has 0 atom stereocenters. The Morgan fingerprint density at radius 2 is 2.00 bits per heavy atom. The van der Waals surface area contributed by atoms with Crippen LogP contribution in [0.15, 0.2) is 29.3 Å². The van der Waals surface area contributed by atoms with Crippen molar-refractivity contribution >= 4 is 35.6 Å². The smallest absolute Gasteiger partial charge is 0.411 e. The van der Waals surface area contributed by atoms with Crippen LogP contribution in [0.5, 0.6) is 5.75 Å². The second kappa shape index (κ2) is 10.5. The monoisotopic (exact) mass is 433 g/mol. The van der Waals surface area contributed by atoms with Gasteiger partial charge in [-0.2, -0.15) is 13.2 Å². The molecule has 0 saturated heterocycles. The highest BCUT2D eigenvalue weighted by Gasteiger charge is 2.27. The van der Waals surface area contributed by atoms with Crippen LogP contribution in [-0.2, 0) is 4.74 Å². The molecule has 0 aliphatic carbocycles. The third-order valence-electron chi connectivity index (χ3n) is 2.36. The number of nitrogens with one attached hydrogen (secondary N) is 1. The van der Waals surface area contributed by atoms with Gasteiger partial charge in [-0.15, -0.1) is 24.0 Å². The minimum Gasteiger partial charge on any atom is -0.495 e. The van der Waals surface area contributed by atoms with Gasteiger partial charge in [0, 0.05) is 13.2 Å². The predicted molar refractivity (Wildman–Crippen MR) is 90.0 cm³/mol. The molecule has 0 heterocycles. The fraction of sp³-hybridized carbons (Fsp3) is 0.462. The lowest BCUT2D eigenvalue weighted by molar-refractivity contribution is -0.173. The van der Waals surface area contributed by atoms with E-state index >= 15 is 0 Å². The van der Waals surface area contributed by atoms with Gasteiger partial charge in [0.15, 0.2) is 5.96 Å². The standard InChI is InChI=1S/C13H18F3N3O2.HI/c1-20-11-6-3-2-5-10(11)19-12(17)18-7-4-8-21-9-13(14,15)16;/h2-3,5-6H,4,7-9H2,1H3,(H3,17,18,19);1H. The number of para-hydroxylation sites is 2. The summed E-state index contributed by atoms with van der Waals surface area (Å²) >= 11 is 0. The lowest BCUT2D eigenvalue weighted by Gasteiger charge is -2.10. The zero-order chi connectivity index (χ0) is 15.7. The van der Waals surface area contributed by atoms with Crippen LogP contribution in [0.25, 0.3) is 0 Å². The van der Waals surface area contributed by atoms with Crippen LogP contribution >= 0.6 is 24.0 Å². The summed E-state index contributed by atoms with van der Waals surface area (Å²) in [6.45, 7) is -0.998. The molecule has 0 radical (unpaired) electrons. The minimum atomic E-state index is -4.30. The molecular weight excluding hydrogens is 414 g/mol. The molecule has 0 aliphatic rings. The van der Waals surface area contributed by atoms with E-state index in [2.05, 4.69) is 15.0 Å². The topological polar surface area (TPSA) is 68.9 Å². The molecule has 0 bridgehead atoms. The Bertz CT molecular complexity index is 470. The maximum atomic E-state index is 11.8. The Morgan fingerprint density at radius 3 is 2.64 bits per heavy atom. The van der Waals surface area contributed by atoms with Gasteiger partial charge >= 0.3 is 6.18 Å². The molecule has 0 saturated carbocycles. The van der Waals surface area contributed by atoms with Crippen molar-refractivity contribution in [3.63, 3.8) is 0 Å². The Morgan fingerprint density at radius 1 is 1.32 bits per heavy atom. The molecule has 5 nitrogen and oxygen atoms in total. The maximum absolute atomic E-state index is 11.8. The van der Waals surface area contributed by atoms with E-state index in [1.54, 1.807) is 12.1 Å². The number of benzene rings is 1. The molecule has 0 unspecified atom stereocenters. The van der Waals surface area contributed by atoms with Crippen molar-refractivity contribution in [2.45, 2.75) is 12.6 Å². The number of halogens is 4. The summed E-state index contributed by atoms with van der Waals surface area (Å²) in [6.07, 6.45) is -3.95. The fourth-order valence-electron chi connectivity index (χ4n) is 1.48. The first kappa shape index (κ1) is 20.8. The lowest BCUT2D eigenvalue weighted by atomic mass is 10.3. The van der Waals surface area contributed by atoms with Crippen LogP contribution in [0.4, 0.5) is 18.9 Å². The zero-order valence-electron chi connectivity index (χ0n) is 12.0. The van der Waals surface area contributed by atoms with Gasteiger partial charge in [-0.25, -0.2) is 0 Å². The first-order valence-electron chi connectivity index (χ1n) is 6.27. The lowest BCUT2D eigenvalue weighted by Crippen LogP contribution is -2.23. The van der Waals surface area contributed by atoms with E-state index in [9.17, 15) is 13.2 Å². The third-order valence-corrected chi connectivity index (χ3v) is 2.36. The number of guanidine groups is 1. The van der Waals surface area contributed by atoms with Gasteiger partial charge in [0.25, 0.3) is 0 Å². The van der Waals surface area contributed by atoms with Crippen molar-refractivity contribution < 1.29 is 22.6 Å². The summed E-state index contributed by atoms with van der Waals surface area (Å²) in [4.78, 5) is 4.00. The number of alkyl halides is 3. The van der Waals surface area contributed by atoms with Crippen LogP contribution in [0.1, 0.15) is 6.42 Å². The molecule has 126 valence electrons. The molecule has 22 heavy (non-hydrogen) atoms. The third kappa shape index (κ3) is 8.93. The molecule has 3 N–H and O–H groups in total. The van der Waals surface area contributed by atoms with E-state index in [1.807, 2.05) is 12.1 Å². The number of rotatable bonds is 7. The van der Waals surface area contributed by atoms with E-state index in [-0.39, 0.29) is 43.1 Å². The van der Waals surface area contributed by atoms with Gasteiger partial charge in [-0.1, -0.05) is 12.1 Å².